The fraction of sp³-hybridized carbons (Fsp3) is 0.370. The Balaban J connectivity index is 1.34. The number of benzene rings is 2. The molecule has 1 aliphatic rings. The molecule has 0 bridgehead atoms. The van der Waals surface area contributed by atoms with Crippen molar-refractivity contribution >= 4 is 11.7 Å². The first-order valence-corrected chi connectivity index (χ1v) is 11.5. The van der Waals surface area contributed by atoms with Crippen molar-refractivity contribution in [3.8, 4) is 17.0 Å². The van der Waals surface area contributed by atoms with Gasteiger partial charge in [-0.1, -0.05) is 29.8 Å². The van der Waals surface area contributed by atoms with Gasteiger partial charge in [-0.05, 0) is 75.6 Å². The van der Waals surface area contributed by atoms with Crippen LogP contribution in [0.25, 0.3) is 11.3 Å². The number of piperazine rings is 1. The highest BCUT2D eigenvalue weighted by Gasteiger charge is 2.27. The molecule has 2 heterocycles. The monoisotopic (exact) mass is 444 g/mol. The smallest absolute Gasteiger partial charge is 0.263 e. The molecule has 3 aromatic rings. The highest BCUT2D eigenvalue weighted by atomic mass is 16.5. The number of nitrogens with zero attached hydrogens (tertiary/aromatic N) is 4. The van der Waals surface area contributed by atoms with E-state index in [0.717, 1.165) is 47.0 Å². The quantitative estimate of drug-likeness (QED) is 0.580. The Kier molecular flexibility index (Phi) is 6.63. The van der Waals surface area contributed by atoms with Crippen LogP contribution in [0.5, 0.6) is 5.75 Å². The van der Waals surface area contributed by atoms with Gasteiger partial charge in [-0.3, -0.25) is 4.79 Å². The molecule has 33 heavy (non-hydrogen) atoms. The summed E-state index contributed by atoms with van der Waals surface area (Å²) in [6.45, 7) is 12.8. The van der Waals surface area contributed by atoms with E-state index < -0.39 is 6.10 Å². The average Bonchev–Trinajstić information content (AvgIpc) is 2.78. The Morgan fingerprint density at radius 2 is 1.55 bits per heavy atom. The second-order valence-corrected chi connectivity index (χ2v) is 8.99. The highest BCUT2D eigenvalue weighted by molar-refractivity contribution is 5.81. The Morgan fingerprint density at radius 3 is 2.15 bits per heavy atom. The Hall–Kier alpha value is -3.41. The number of carbonyl (C=O) groups is 1. The van der Waals surface area contributed by atoms with Crippen molar-refractivity contribution in [1.29, 1.82) is 0 Å². The largest absolute Gasteiger partial charge is 0.481 e. The molecule has 1 saturated heterocycles. The zero-order chi connectivity index (χ0) is 23.5. The van der Waals surface area contributed by atoms with Crippen LogP contribution in [0.1, 0.15) is 29.2 Å². The van der Waals surface area contributed by atoms with Gasteiger partial charge in [0, 0.05) is 31.7 Å². The third-order valence-electron chi connectivity index (χ3n) is 6.08. The average molecular weight is 445 g/mol. The van der Waals surface area contributed by atoms with Crippen LogP contribution in [0.4, 0.5) is 5.82 Å². The van der Waals surface area contributed by atoms with Crippen molar-refractivity contribution in [2.75, 3.05) is 31.1 Å². The fourth-order valence-corrected chi connectivity index (χ4v) is 4.41. The topological polar surface area (TPSA) is 58.6 Å². The molecule has 1 aromatic heterocycles. The molecular weight excluding hydrogens is 412 g/mol. The Labute approximate surface area is 196 Å². The number of hydrogen-bond donors (Lipinski definition) is 0. The van der Waals surface area contributed by atoms with Gasteiger partial charge in [-0.2, -0.15) is 0 Å². The van der Waals surface area contributed by atoms with Gasteiger partial charge in [0.25, 0.3) is 5.91 Å². The lowest BCUT2D eigenvalue weighted by Gasteiger charge is -2.36. The summed E-state index contributed by atoms with van der Waals surface area (Å²) >= 11 is 0. The maximum absolute atomic E-state index is 12.9. The summed E-state index contributed by atoms with van der Waals surface area (Å²) < 4.78 is 5.95. The zero-order valence-electron chi connectivity index (χ0n) is 20.1. The molecule has 1 fully saturated rings. The van der Waals surface area contributed by atoms with E-state index in [9.17, 15) is 4.79 Å². The maximum atomic E-state index is 12.9. The van der Waals surface area contributed by atoms with Crippen LogP contribution in [-0.2, 0) is 4.79 Å². The van der Waals surface area contributed by atoms with Gasteiger partial charge in [0.1, 0.15) is 5.75 Å². The third-order valence-corrected chi connectivity index (χ3v) is 6.08. The molecule has 0 saturated carbocycles. The molecule has 1 aliphatic heterocycles. The summed E-state index contributed by atoms with van der Waals surface area (Å²) in [4.78, 5) is 17.0. The van der Waals surface area contributed by atoms with Gasteiger partial charge < -0.3 is 14.5 Å². The van der Waals surface area contributed by atoms with Crippen LogP contribution < -0.4 is 9.64 Å². The van der Waals surface area contributed by atoms with Crippen LogP contribution in [0.3, 0.4) is 0 Å². The van der Waals surface area contributed by atoms with Gasteiger partial charge in [-0.15, -0.1) is 10.2 Å². The minimum Gasteiger partial charge on any atom is -0.481 e. The van der Waals surface area contributed by atoms with Crippen LogP contribution in [0, 0.1) is 27.7 Å². The SMILES string of the molecule is Cc1cc(C)cc(OC(C)C(=O)N2CCN(c3ccc(-c4ccc(C)cc4C)nn3)CC2)c1. The van der Waals surface area contributed by atoms with E-state index in [1.807, 2.05) is 49.9 Å². The van der Waals surface area contributed by atoms with Crippen LogP contribution >= 0.6 is 0 Å². The van der Waals surface area contributed by atoms with Crippen molar-refractivity contribution in [1.82, 2.24) is 15.1 Å². The van der Waals surface area contributed by atoms with E-state index in [0.29, 0.717) is 13.1 Å². The number of carbonyl (C=O) groups excluding carboxylic acids is 1. The summed E-state index contributed by atoms with van der Waals surface area (Å²) in [6.07, 6.45) is -0.519. The number of hydrogen-bond acceptors (Lipinski definition) is 5. The number of aryl methyl sites for hydroxylation is 4. The molecule has 0 radical (unpaired) electrons. The lowest BCUT2D eigenvalue weighted by atomic mass is 10.0. The second-order valence-electron chi connectivity index (χ2n) is 8.99. The molecule has 0 N–H and O–H groups in total. The maximum Gasteiger partial charge on any atom is 0.263 e. The summed E-state index contributed by atoms with van der Waals surface area (Å²) in [7, 11) is 0. The first-order valence-electron chi connectivity index (χ1n) is 11.5. The van der Waals surface area contributed by atoms with Gasteiger partial charge in [0.15, 0.2) is 11.9 Å². The predicted octanol–water partition coefficient (Wildman–Crippen LogP) is 4.49. The van der Waals surface area contributed by atoms with E-state index in [1.165, 1.54) is 11.1 Å². The van der Waals surface area contributed by atoms with E-state index in [1.54, 1.807) is 0 Å². The van der Waals surface area contributed by atoms with Crippen LogP contribution in [0.15, 0.2) is 48.5 Å². The van der Waals surface area contributed by atoms with Crippen molar-refractivity contribution in [2.24, 2.45) is 0 Å². The van der Waals surface area contributed by atoms with E-state index >= 15 is 0 Å². The molecule has 1 unspecified atom stereocenters. The van der Waals surface area contributed by atoms with E-state index in [-0.39, 0.29) is 5.91 Å². The molecule has 4 rings (SSSR count). The normalized spacial score (nSPS) is 14.8. The molecule has 6 nitrogen and oxygen atoms in total. The molecule has 1 atom stereocenters. The summed E-state index contributed by atoms with van der Waals surface area (Å²) in [5, 5.41) is 8.93. The fourth-order valence-electron chi connectivity index (χ4n) is 4.41. The lowest BCUT2D eigenvalue weighted by molar-refractivity contribution is -0.138. The predicted molar refractivity (Wildman–Crippen MR) is 132 cm³/mol. The van der Waals surface area contributed by atoms with Crippen molar-refractivity contribution in [3.05, 3.63) is 70.8 Å². The number of ether oxygens (including phenoxy) is 1. The van der Waals surface area contributed by atoms with Crippen molar-refractivity contribution in [2.45, 2.75) is 40.7 Å². The molecule has 2 aromatic carbocycles. The van der Waals surface area contributed by atoms with Gasteiger partial charge in [0.2, 0.25) is 0 Å². The van der Waals surface area contributed by atoms with Crippen molar-refractivity contribution < 1.29 is 9.53 Å². The first-order chi connectivity index (χ1) is 15.8. The molecule has 172 valence electrons. The molecule has 0 spiro atoms. The third kappa shape index (κ3) is 5.33. The van der Waals surface area contributed by atoms with Crippen LogP contribution in [-0.4, -0.2) is 53.3 Å². The zero-order valence-corrected chi connectivity index (χ0v) is 20.1. The molecular formula is C27H32N4O2. The minimum atomic E-state index is -0.519. The van der Waals surface area contributed by atoms with Gasteiger partial charge in [-0.25, -0.2) is 0 Å². The molecule has 1 amide bonds. The summed E-state index contributed by atoms with van der Waals surface area (Å²) in [5.74, 6) is 1.60. The first kappa shape index (κ1) is 22.8. The van der Waals surface area contributed by atoms with Crippen molar-refractivity contribution in [3.63, 3.8) is 0 Å². The Morgan fingerprint density at radius 1 is 0.848 bits per heavy atom. The standard InChI is InChI=1S/C27H32N4O2/c1-18-6-7-24(21(4)15-18)25-8-9-26(29-28-25)30-10-12-31(13-11-30)27(32)22(5)33-23-16-19(2)14-20(3)17-23/h6-9,14-17,22H,10-13H2,1-5H3. The number of amides is 1. The number of aromatic nitrogens is 2. The molecule has 0 aliphatic carbocycles. The van der Waals surface area contributed by atoms with Crippen LogP contribution in [0.2, 0.25) is 0 Å². The Bertz CT molecular complexity index is 1120. The molecule has 6 heteroatoms. The second kappa shape index (κ2) is 9.61. The minimum absolute atomic E-state index is 0.0186. The van der Waals surface area contributed by atoms with E-state index in [2.05, 4.69) is 53.2 Å². The van der Waals surface area contributed by atoms with Gasteiger partial charge in [0.05, 0.1) is 5.69 Å². The number of anilines is 1. The highest BCUT2D eigenvalue weighted by Crippen LogP contribution is 2.24. The number of rotatable bonds is 5. The van der Waals surface area contributed by atoms with E-state index in [4.69, 9.17) is 4.74 Å². The van der Waals surface area contributed by atoms with Gasteiger partial charge >= 0.3 is 0 Å². The summed E-state index contributed by atoms with van der Waals surface area (Å²) in [6, 6.07) is 16.4. The lowest BCUT2D eigenvalue weighted by Crippen LogP contribution is -2.52. The summed E-state index contributed by atoms with van der Waals surface area (Å²) in [5.41, 5.74) is 6.67.